The molecule has 2 aromatic rings. The van der Waals surface area contributed by atoms with Gasteiger partial charge in [-0.1, -0.05) is 45.0 Å². The van der Waals surface area contributed by atoms with Gasteiger partial charge in [-0.3, -0.25) is 14.9 Å². The summed E-state index contributed by atoms with van der Waals surface area (Å²) in [7, 11) is 1.30. The van der Waals surface area contributed by atoms with Gasteiger partial charge in [-0.25, -0.2) is 4.79 Å². The van der Waals surface area contributed by atoms with Crippen LogP contribution in [0.2, 0.25) is 0 Å². The summed E-state index contributed by atoms with van der Waals surface area (Å²) in [5, 5.41) is 11.0. The molecule has 0 atom stereocenters. The lowest BCUT2D eigenvalue weighted by Crippen LogP contribution is -2.15. The molecule has 0 saturated heterocycles. The molecule has 0 aromatic heterocycles. The van der Waals surface area contributed by atoms with Crippen molar-refractivity contribution in [2.24, 2.45) is 0 Å². The van der Waals surface area contributed by atoms with Gasteiger partial charge in [0, 0.05) is 11.6 Å². The molecular weight excluding hydrogens is 350 g/mol. The van der Waals surface area contributed by atoms with Crippen LogP contribution in [-0.4, -0.2) is 30.4 Å². The van der Waals surface area contributed by atoms with Gasteiger partial charge >= 0.3 is 11.7 Å². The van der Waals surface area contributed by atoms with Crippen LogP contribution in [0.3, 0.4) is 0 Å². The quantitative estimate of drug-likeness (QED) is 0.330. The van der Waals surface area contributed by atoms with E-state index in [0.717, 1.165) is 11.6 Å². The molecule has 0 bridgehead atoms. The highest BCUT2D eigenvalue weighted by atomic mass is 16.6. The minimum Gasteiger partial charge on any atom is -0.490 e. The Morgan fingerprint density at radius 2 is 1.63 bits per heavy atom. The first-order valence-electron chi connectivity index (χ1n) is 8.27. The van der Waals surface area contributed by atoms with Crippen LogP contribution in [0, 0.1) is 10.1 Å². The molecule has 2 rings (SSSR count). The van der Waals surface area contributed by atoms with Crippen molar-refractivity contribution >= 4 is 17.4 Å². The van der Waals surface area contributed by atoms with Crippen LogP contribution < -0.4 is 4.74 Å². The number of carbonyl (C=O) groups is 2. The Hall–Kier alpha value is -3.22. The normalized spacial score (nSPS) is 11.0. The predicted molar refractivity (Wildman–Crippen MR) is 99.4 cm³/mol. The summed E-state index contributed by atoms with van der Waals surface area (Å²) in [4.78, 5) is 34.7. The Morgan fingerprint density at radius 1 is 1.04 bits per heavy atom. The number of ether oxygens (including phenoxy) is 2. The number of carbonyl (C=O) groups excluding carboxylic acids is 2. The summed E-state index contributed by atoms with van der Waals surface area (Å²) in [6, 6.07) is 10.8. The van der Waals surface area contributed by atoms with Crippen molar-refractivity contribution in [1.29, 1.82) is 0 Å². The number of methoxy groups -OCH3 is 1. The zero-order valence-electron chi connectivity index (χ0n) is 15.6. The lowest BCUT2D eigenvalue weighted by Gasteiger charge is -2.18. The highest BCUT2D eigenvalue weighted by molar-refractivity contribution is 5.99. The van der Waals surface area contributed by atoms with Gasteiger partial charge in [0.15, 0.2) is 18.1 Å². The number of nitro benzene ring substituents is 1. The standard InChI is InChI=1S/C20H21NO6/c1-20(2,3)15-8-5-13(6-9-15)17(22)12-27-19(23)14-7-10-18(26-4)16(11-14)21(24)25/h5-11H,12H2,1-4H3. The summed E-state index contributed by atoms with van der Waals surface area (Å²) in [5.74, 6) is -1.14. The molecule has 0 aliphatic heterocycles. The van der Waals surface area contributed by atoms with Crippen LogP contribution in [0.25, 0.3) is 0 Å². The minimum absolute atomic E-state index is 0.0293. The fourth-order valence-electron chi connectivity index (χ4n) is 2.41. The van der Waals surface area contributed by atoms with Crippen molar-refractivity contribution in [2.75, 3.05) is 13.7 Å². The van der Waals surface area contributed by atoms with Crippen molar-refractivity contribution in [3.63, 3.8) is 0 Å². The molecule has 0 heterocycles. The summed E-state index contributed by atoms with van der Waals surface area (Å²) in [5.41, 5.74) is 1.10. The number of hydrogen-bond donors (Lipinski definition) is 0. The second-order valence-corrected chi connectivity index (χ2v) is 6.97. The van der Waals surface area contributed by atoms with Gasteiger partial charge in [-0.15, -0.1) is 0 Å². The van der Waals surface area contributed by atoms with Gasteiger partial charge in [0.25, 0.3) is 0 Å². The first-order chi connectivity index (χ1) is 12.6. The Bertz CT molecular complexity index is 865. The second kappa shape index (κ2) is 7.99. The van der Waals surface area contributed by atoms with E-state index in [0.29, 0.717) is 5.56 Å². The maximum Gasteiger partial charge on any atom is 0.338 e. The molecule has 2 aromatic carbocycles. The van der Waals surface area contributed by atoms with E-state index in [4.69, 9.17) is 9.47 Å². The number of hydrogen-bond acceptors (Lipinski definition) is 6. The molecule has 0 aliphatic carbocycles. The maximum atomic E-state index is 12.2. The largest absolute Gasteiger partial charge is 0.490 e. The van der Waals surface area contributed by atoms with Crippen molar-refractivity contribution in [1.82, 2.24) is 0 Å². The van der Waals surface area contributed by atoms with E-state index >= 15 is 0 Å². The lowest BCUT2D eigenvalue weighted by molar-refractivity contribution is -0.385. The average Bonchev–Trinajstić information content (AvgIpc) is 2.64. The number of ketones is 1. The molecule has 0 fully saturated rings. The number of nitro groups is 1. The van der Waals surface area contributed by atoms with Crippen LogP contribution in [0.5, 0.6) is 5.75 Å². The third-order valence-electron chi connectivity index (χ3n) is 4.02. The van der Waals surface area contributed by atoms with E-state index in [1.807, 2.05) is 12.1 Å². The van der Waals surface area contributed by atoms with E-state index < -0.39 is 17.5 Å². The Labute approximate surface area is 157 Å². The topological polar surface area (TPSA) is 95.7 Å². The van der Waals surface area contributed by atoms with E-state index in [1.165, 1.54) is 19.2 Å². The molecule has 142 valence electrons. The molecule has 0 aliphatic rings. The number of rotatable bonds is 6. The molecule has 0 saturated carbocycles. The third-order valence-corrected chi connectivity index (χ3v) is 4.02. The predicted octanol–water partition coefficient (Wildman–Crippen LogP) is 3.94. The fraction of sp³-hybridized carbons (Fsp3) is 0.300. The van der Waals surface area contributed by atoms with Crippen LogP contribution in [0.15, 0.2) is 42.5 Å². The summed E-state index contributed by atoms with van der Waals surface area (Å²) in [6.07, 6.45) is 0. The highest BCUT2D eigenvalue weighted by Gasteiger charge is 2.20. The number of nitrogens with zero attached hydrogens (tertiary/aromatic N) is 1. The van der Waals surface area contributed by atoms with Crippen molar-refractivity contribution < 1.29 is 24.0 Å². The molecule has 7 heteroatoms. The van der Waals surface area contributed by atoms with E-state index in [9.17, 15) is 19.7 Å². The molecule has 0 radical (unpaired) electrons. The SMILES string of the molecule is COc1ccc(C(=O)OCC(=O)c2ccc(C(C)(C)C)cc2)cc1[N+](=O)[O-]. The van der Waals surface area contributed by atoms with Gasteiger partial charge in [-0.2, -0.15) is 0 Å². The minimum atomic E-state index is -0.819. The number of esters is 1. The van der Waals surface area contributed by atoms with Gasteiger partial charge in [0.05, 0.1) is 17.6 Å². The first-order valence-corrected chi connectivity index (χ1v) is 8.27. The lowest BCUT2D eigenvalue weighted by atomic mass is 9.86. The second-order valence-electron chi connectivity index (χ2n) is 6.97. The molecule has 0 unspecified atom stereocenters. The maximum absolute atomic E-state index is 12.2. The third kappa shape index (κ3) is 4.91. The Morgan fingerprint density at radius 3 is 2.15 bits per heavy atom. The van der Waals surface area contributed by atoms with Crippen LogP contribution in [0.4, 0.5) is 5.69 Å². The summed E-state index contributed by atoms with van der Waals surface area (Å²) in [6.45, 7) is 5.76. The Balaban J connectivity index is 2.06. The summed E-state index contributed by atoms with van der Waals surface area (Å²) < 4.78 is 9.88. The van der Waals surface area contributed by atoms with E-state index in [2.05, 4.69) is 20.8 Å². The Kier molecular flexibility index (Phi) is 5.95. The number of Topliss-reactive ketones (excluding diaryl/α,β-unsaturated/α-hetero) is 1. The van der Waals surface area contributed by atoms with Gasteiger partial charge in [-0.05, 0) is 23.1 Å². The van der Waals surface area contributed by atoms with E-state index in [-0.39, 0.29) is 28.2 Å². The fourth-order valence-corrected chi connectivity index (χ4v) is 2.41. The average molecular weight is 371 g/mol. The molecule has 0 N–H and O–H groups in total. The zero-order valence-corrected chi connectivity index (χ0v) is 15.6. The summed E-state index contributed by atoms with van der Waals surface area (Å²) >= 11 is 0. The smallest absolute Gasteiger partial charge is 0.338 e. The van der Waals surface area contributed by atoms with Crippen molar-refractivity contribution in [3.8, 4) is 5.75 Å². The van der Waals surface area contributed by atoms with E-state index in [1.54, 1.807) is 12.1 Å². The first kappa shape index (κ1) is 20.1. The van der Waals surface area contributed by atoms with Crippen LogP contribution >= 0.6 is 0 Å². The van der Waals surface area contributed by atoms with Gasteiger partial charge in [0.2, 0.25) is 0 Å². The van der Waals surface area contributed by atoms with Crippen LogP contribution in [-0.2, 0) is 10.2 Å². The molecule has 7 nitrogen and oxygen atoms in total. The zero-order chi connectivity index (χ0) is 20.2. The van der Waals surface area contributed by atoms with Gasteiger partial charge < -0.3 is 9.47 Å². The molecule has 0 spiro atoms. The monoisotopic (exact) mass is 371 g/mol. The number of benzene rings is 2. The molecule has 27 heavy (non-hydrogen) atoms. The van der Waals surface area contributed by atoms with Gasteiger partial charge in [0.1, 0.15) is 0 Å². The highest BCUT2D eigenvalue weighted by Crippen LogP contribution is 2.28. The van der Waals surface area contributed by atoms with Crippen LogP contribution in [0.1, 0.15) is 47.1 Å². The molecular formula is C20H21NO6. The van der Waals surface area contributed by atoms with Crippen molar-refractivity contribution in [3.05, 3.63) is 69.3 Å². The van der Waals surface area contributed by atoms with Crippen molar-refractivity contribution in [2.45, 2.75) is 26.2 Å². The molecule has 0 amide bonds.